The van der Waals surface area contributed by atoms with Gasteiger partial charge in [0.05, 0.1) is 0 Å². The minimum atomic E-state index is -6.28. The Bertz CT molecular complexity index is 274. The summed E-state index contributed by atoms with van der Waals surface area (Å²) in [6.07, 6.45) is 0. The van der Waals surface area contributed by atoms with E-state index in [1.165, 1.54) is 0 Å². The molecule has 0 heterocycles. The van der Waals surface area contributed by atoms with Crippen LogP contribution in [-0.2, 0) is 20.5 Å². The molecule has 0 aromatic heterocycles. The summed E-state index contributed by atoms with van der Waals surface area (Å²) in [6.45, 7) is 7.59. The van der Waals surface area contributed by atoms with E-state index in [-0.39, 0.29) is 25.0 Å². The molecule has 0 N–H and O–H groups in total. The molecule has 3 nitrogen and oxygen atoms in total. The van der Waals surface area contributed by atoms with Gasteiger partial charge in [0, 0.05) is 0 Å². The fourth-order valence-corrected chi connectivity index (χ4v) is 3.98. The van der Waals surface area contributed by atoms with Gasteiger partial charge in [-0.2, -0.15) is 0 Å². The van der Waals surface area contributed by atoms with Crippen molar-refractivity contribution in [2.45, 2.75) is 27.7 Å². The van der Waals surface area contributed by atoms with Crippen LogP contribution in [0, 0.1) is 11.8 Å². The van der Waals surface area contributed by atoms with Crippen molar-refractivity contribution < 1.29 is 20.5 Å². The van der Waals surface area contributed by atoms with Gasteiger partial charge in [0.2, 0.25) is 0 Å². The topological polar surface area (TPSA) is 35.5 Å². The normalized spacial score (nSPS) is 17.9. The molecule has 0 aromatic carbocycles. The molecule has 0 spiro atoms. The van der Waals surface area contributed by atoms with Crippen molar-refractivity contribution >= 4 is 29.5 Å². The summed E-state index contributed by atoms with van der Waals surface area (Å²) >= 11 is 0. The molecular formula is C8H18Cl3O3V. The van der Waals surface area contributed by atoms with Crippen molar-refractivity contribution in [2.75, 3.05) is 13.2 Å². The minimum absolute atomic E-state index is 0.0814. The third-order valence-electron chi connectivity index (χ3n) is 1.32. The van der Waals surface area contributed by atoms with Gasteiger partial charge in [0.25, 0.3) is 0 Å². The van der Waals surface area contributed by atoms with E-state index < -0.39 is 9.53 Å². The van der Waals surface area contributed by atoms with Gasteiger partial charge in [-0.1, -0.05) is 0 Å². The summed E-state index contributed by atoms with van der Waals surface area (Å²) in [7, 11) is 10.7. The standard InChI is InChI=1S/2C4H9O.3ClH.O.V/c2*1-4(2)3-5;;;;;/h2*4H,3H2,1-2H3;3*1H;;/q2*-1;;;;;+5/p-3. The van der Waals surface area contributed by atoms with Crippen LogP contribution in [0.2, 0.25) is 0 Å². The van der Waals surface area contributed by atoms with Crippen LogP contribution >= 0.6 is 29.5 Å². The van der Waals surface area contributed by atoms with Crippen LogP contribution in [-0.4, -0.2) is 13.2 Å². The van der Waals surface area contributed by atoms with Crippen LogP contribution in [0.25, 0.3) is 0 Å². The molecule has 0 radical (unpaired) electrons. The van der Waals surface area contributed by atoms with E-state index >= 15 is 0 Å². The summed E-state index contributed by atoms with van der Waals surface area (Å²) in [6, 6.07) is 0. The number of hydrogen-bond acceptors (Lipinski definition) is 3. The van der Waals surface area contributed by atoms with Crippen molar-refractivity contribution in [3.8, 4) is 0 Å². The van der Waals surface area contributed by atoms with Crippen LogP contribution in [0.4, 0.5) is 0 Å². The zero-order valence-corrected chi connectivity index (χ0v) is 13.0. The van der Waals surface area contributed by atoms with Crippen molar-refractivity contribution in [2.24, 2.45) is 11.8 Å². The maximum absolute atomic E-state index is 12.1. The Balaban J connectivity index is 4.60. The molecule has 0 aromatic rings. The van der Waals surface area contributed by atoms with Crippen LogP contribution in [0.15, 0.2) is 0 Å². The zero-order chi connectivity index (χ0) is 12.4. The van der Waals surface area contributed by atoms with E-state index in [1.807, 2.05) is 27.7 Å². The Morgan fingerprint density at radius 2 is 1.20 bits per heavy atom. The number of rotatable bonds is 6. The second-order valence-corrected chi connectivity index (χ2v) is 19.9. The molecular weight excluding hydrogens is 301 g/mol. The predicted octanol–water partition coefficient (Wildman–Crippen LogP) is 4.19. The molecule has 0 fully saturated rings. The Hall–Kier alpha value is 1.17. The van der Waals surface area contributed by atoms with Crippen LogP contribution in [0.3, 0.4) is 0 Å². The molecule has 0 saturated carbocycles. The van der Waals surface area contributed by atoms with E-state index in [2.05, 4.69) is 0 Å². The first-order chi connectivity index (χ1) is 6.34. The molecule has 94 valence electrons. The summed E-state index contributed by atoms with van der Waals surface area (Å²) in [5.41, 5.74) is 0. The Morgan fingerprint density at radius 3 is 1.40 bits per heavy atom. The first-order valence-electron chi connectivity index (χ1n) is 4.76. The van der Waals surface area contributed by atoms with Gasteiger partial charge in [0.15, 0.2) is 0 Å². The first-order valence-corrected chi connectivity index (χ1v) is 12.2. The van der Waals surface area contributed by atoms with Gasteiger partial charge in [0.1, 0.15) is 0 Å². The quantitative estimate of drug-likeness (QED) is 0.736. The van der Waals surface area contributed by atoms with E-state index in [4.69, 9.17) is 36.9 Å². The van der Waals surface area contributed by atoms with Gasteiger partial charge < -0.3 is 0 Å². The Kier molecular flexibility index (Phi) is 4.80. The average Bonchev–Trinajstić information content (AvgIpc) is 1.97. The molecule has 0 aliphatic carbocycles. The third kappa shape index (κ3) is 8.93. The van der Waals surface area contributed by atoms with E-state index in [0.29, 0.717) is 0 Å². The number of halogens is 3. The van der Waals surface area contributed by atoms with Crippen molar-refractivity contribution in [3.63, 3.8) is 0 Å². The first kappa shape index (κ1) is 16.2. The van der Waals surface area contributed by atoms with Gasteiger partial charge in [-0.15, -0.1) is 0 Å². The SMILES string of the molecule is CC(C)C[O][V](=[O])([Cl])([Cl])([Cl])[O]CC(C)C. The van der Waals surface area contributed by atoms with Gasteiger partial charge in [-0.25, -0.2) is 0 Å². The van der Waals surface area contributed by atoms with Crippen LogP contribution in [0.5, 0.6) is 0 Å². The van der Waals surface area contributed by atoms with Crippen LogP contribution < -0.4 is 0 Å². The fourth-order valence-electron chi connectivity index (χ4n) is 0.626. The van der Waals surface area contributed by atoms with Gasteiger partial charge in [-0.05, 0) is 0 Å². The van der Waals surface area contributed by atoms with Gasteiger partial charge in [-0.3, -0.25) is 0 Å². The molecule has 0 atom stereocenters. The van der Waals surface area contributed by atoms with Gasteiger partial charge >= 0.3 is 103 Å². The van der Waals surface area contributed by atoms with E-state index in [0.717, 1.165) is 0 Å². The molecule has 15 heavy (non-hydrogen) atoms. The monoisotopic (exact) mass is 318 g/mol. The zero-order valence-electron chi connectivity index (χ0n) is 9.37. The molecule has 7 heteroatoms. The predicted molar refractivity (Wildman–Crippen MR) is 59.8 cm³/mol. The molecule has 0 rings (SSSR count). The second-order valence-electron chi connectivity index (χ2n) is 4.42. The van der Waals surface area contributed by atoms with Crippen LogP contribution in [0.1, 0.15) is 27.7 Å². The fraction of sp³-hybridized carbons (Fsp3) is 1.00. The molecule has 0 aliphatic rings. The summed E-state index contributed by atoms with van der Waals surface area (Å²) in [5.74, 6) is 0.211. The molecule has 0 unspecified atom stereocenters. The molecule has 0 aliphatic heterocycles. The van der Waals surface area contributed by atoms with E-state index in [9.17, 15) is 3.67 Å². The Labute approximate surface area is 102 Å². The van der Waals surface area contributed by atoms with Crippen molar-refractivity contribution in [1.29, 1.82) is 0 Å². The summed E-state index contributed by atoms with van der Waals surface area (Å²) in [5, 5.41) is 0. The molecule has 0 saturated heterocycles. The van der Waals surface area contributed by atoms with Crippen molar-refractivity contribution in [1.82, 2.24) is 0 Å². The molecule has 0 amide bonds. The Morgan fingerprint density at radius 1 is 0.933 bits per heavy atom. The second kappa shape index (κ2) is 4.45. The average molecular weight is 320 g/mol. The summed E-state index contributed by atoms with van der Waals surface area (Å²) in [4.78, 5) is 0. The maximum atomic E-state index is 12.1. The third-order valence-corrected chi connectivity index (χ3v) is 5.77. The van der Waals surface area contributed by atoms with E-state index in [1.54, 1.807) is 0 Å². The molecule has 0 bridgehead atoms. The summed E-state index contributed by atoms with van der Waals surface area (Å²) < 4.78 is 21.9. The van der Waals surface area contributed by atoms with Crippen molar-refractivity contribution in [3.05, 3.63) is 0 Å². The number of hydrogen-bond donors (Lipinski definition) is 0.